The number of rotatable bonds is 3. The minimum atomic E-state index is -5.39. The van der Waals surface area contributed by atoms with Crippen molar-refractivity contribution in [2.75, 3.05) is 20.1 Å². The van der Waals surface area contributed by atoms with Crippen LogP contribution in [-0.2, 0) is 9.84 Å². The van der Waals surface area contributed by atoms with Crippen molar-refractivity contribution in [1.82, 2.24) is 10.2 Å². The molecule has 1 aliphatic heterocycles. The number of likely N-dealkylation sites (N-methyl/N-ethyl adjacent to an activating group) is 1. The number of nitrogens with one attached hydrogen (secondary N) is 1. The Bertz CT molecular complexity index is 672. The van der Waals surface area contributed by atoms with Crippen molar-refractivity contribution < 1.29 is 26.4 Å². The van der Waals surface area contributed by atoms with Crippen molar-refractivity contribution >= 4 is 15.7 Å². The quantitative estimate of drug-likeness (QED) is 0.903. The summed E-state index contributed by atoms with van der Waals surface area (Å²) < 4.78 is 60.0. The molecule has 23 heavy (non-hydrogen) atoms. The number of carbonyl (C=O) groups excluding carboxylic acids is 1. The molecular formula is C14H17F3N2O3S. The van der Waals surface area contributed by atoms with Gasteiger partial charge in [-0.3, -0.25) is 4.79 Å². The normalized spacial score (nSPS) is 19.7. The van der Waals surface area contributed by atoms with Crippen molar-refractivity contribution in [2.24, 2.45) is 0 Å². The van der Waals surface area contributed by atoms with E-state index in [9.17, 15) is 26.4 Å². The van der Waals surface area contributed by atoms with Crippen LogP contribution in [0.4, 0.5) is 13.2 Å². The maximum absolute atomic E-state index is 12.5. The molecule has 0 spiro atoms. The summed E-state index contributed by atoms with van der Waals surface area (Å²) in [4.78, 5) is 13.1. The monoisotopic (exact) mass is 350 g/mol. The summed E-state index contributed by atoms with van der Waals surface area (Å²) in [6.07, 6.45) is 1.78. The lowest BCUT2D eigenvalue weighted by Crippen LogP contribution is -2.46. The van der Waals surface area contributed by atoms with Gasteiger partial charge in [-0.25, -0.2) is 8.42 Å². The molecule has 1 heterocycles. The lowest BCUT2D eigenvalue weighted by atomic mass is 10.0. The Hall–Kier alpha value is -1.61. The van der Waals surface area contributed by atoms with Crippen LogP contribution in [0.25, 0.3) is 0 Å². The number of carbonyl (C=O) groups is 1. The van der Waals surface area contributed by atoms with Gasteiger partial charge >= 0.3 is 5.51 Å². The lowest BCUT2D eigenvalue weighted by Gasteiger charge is -2.32. The molecule has 1 aromatic carbocycles. The van der Waals surface area contributed by atoms with E-state index in [4.69, 9.17) is 0 Å². The molecule has 0 radical (unpaired) electrons. The second-order valence-corrected chi connectivity index (χ2v) is 7.29. The highest BCUT2D eigenvalue weighted by molar-refractivity contribution is 7.92. The Kier molecular flexibility index (Phi) is 5.00. The van der Waals surface area contributed by atoms with E-state index < -0.39 is 20.2 Å². The summed E-state index contributed by atoms with van der Waals surface area (Å²) >= 11 is 0. The number of halogens is 3. The van der Waals surface area contributed by atoms with Gasteiger partial charge in [0.15, 0.2) is 0 Å². The van der Waals surface area contributed by atoms with E-state index in [0.717, 1.165) is 37.1 Å². The van der Waals surface area contributed by atoms with Gasteiger partial charge in [0, 0.05) is 24.7 Å². The third-order valence-electron chi connectivity index (χ3n) is 3.83. The number of hydrogen-bond acceptors (Lipinski definition) is 4. The molecule has 5 nitrogen and oxygen atoms in total. The first-order chi connectivity index (χ1) is 10.7. The fraction of sp³-hybridized carbons (Fsp3) is 0.500. The maximum Gasteiger partial charge on any atom is 0.501 e. The lowest BCUT2D eigenvalue weighted by molar-refractivity contribution is -0.0436. The van der Waals surface area contributed by atoms with Crippen LogP contribution in [0.2, 0.25) is 0 Å². The van der Waals surface area contributed by atoms with E-state index in [1.807, 2.05) is 0 Å². The Morgan fingerprint density at radius 1 is 1.26 bits per heavy atom. The zero-order valence-corrected chi connectivity index (χ0v) is 13.2. The fourth-order valence-corrected chi connectivity index (χ4v) is 3.25. The highest BCUT2D eigenvalue weighted by Crippen LogP contribution is 2.30. The molecule has 0 unspecified atom stereocenters. The summed E-state index contributed by atoms with van der Waals surface area (Å²) in [7, 11) is -3.59. The van der Waals surface area contributed by atoms with Gasteiger partial charge in [-0.2, -0.15) is 13.2 Å². The molecule has 1 aliphatic rings. The third-order valence-corrected chi connectivity index (χ3v) is 5.34. The molecular weight excluding hydrogens is 333 g/mol. The molecule has 0 bridgehead atoms. The van der Waals surface area contributed by atoms with E-state index in [-0.39, 0.29) is 17.5 Å². The minimum Gasteiger partial charge on any atom is -0.337 e. The molecule has 1 aromatic rings. The van der Waals surface area contributed by atoms with Crippen LogP contribution in [0.5, 0.6) is 0 Å². The van der Waals surface area contributed by atoms with E-state index in [0.29, 0.717) is 13.1 Å². The van der Waals surface area contributed by atoms with Gasteiger partial charge in [-0.1, -0.05) is 0 Å². The Morgan fingerprint density at radius 3 is 2.39 bits per heavy atom. The molecule has 128 valence electrons. The van der Waals surface area contributed by atoms with Crippen molar-refractivity contribution in [3.05, 3.63) is 29.8 Å². The Labute approximate surface area is 132 Å². The topological polar surface area (TPSA) is 66.5 Å². The second kappa shape index (κ2) is 6.48. The van der Waals surface area contributed by atoms with Crippen molar-refractivity contribution in [2.45, 2.75) is 29.3 Å². The van der Waals surface area contributed by atoms with Crippen LogP contribution in [0.3, 0.4) is 0 Å². The molecule has 1 saturated heterocycles. The van der Waals surface area contributed by atoms with E-state index in [1.165, 1.54) is 0 Å². The number of hydrogen-bond donors (Lipinski definition) is 1. The zero-order valence-electron chi connectivity index (χ0n) is 12.4. The first-order valence-electron chi connectivity index (χ1n) is 7.05. The number of likely N-dealkylation sites (tertiary alicyclic amines) is 1. The molecule has 1 atom stereocenters. The summed E-state index contributed by atoms with van der Waals surface area (Å²) in [5.41, 5.74) is -5.19. The third kappa shape index (κ3) is 3.66. The second-order valence-electron chi connectivity index (χ2n) is 5.35. The number of sulfone groups is 1. The SMILES string of the molecule is CN[C@H]1CCCN(C(=O)c2ccc(S(=O)(=O)C(F)(F)F)cc2)C1. The van der Waals surface area contributed by atoms with E-state index >= 15 is 0 Å². The van der Waals surface area contributed by atoms with Crippen LogP contribution in [0.15, 0.2) is 29.2 Å². The standard InChI is InChI=1S/C14H17F3N2O3S/c1-18-11-3-2-8-19(9-11)13(20)10-4-6-12(7-5-10)23(21,22)14(15,16)17/h4-7,11,18H,2-3,8-9H2,1H3/t11-/m0/s1. The van der Waals surface area contributed by atoms with E-state index in [1.54, 1.807) is 11.9 Å². The predicted octanol–water partition coefficient (Wildman–Crippen LogP) is 1.80. The van der Waals surface area contributed by atoms with Gasteiger partial charge in [-0.15, -0.1) is 0 Å². The molecule has 1 N–H and O–H groups in total. The molecule has 2 rings (SSSR count). The van der Waals surface area contributed by atoms with Crippen LogP contribution in [0, 0.1) is 0 Å². The van der Waals surface area contributed by atoms with Crippen LogP contribution in [-0.4, -0.2) is 50.9 Å². The molecule has 0 aliphatic carbocycles. The molecule has 9 heteroatoms. The van der Waals surface area contributed by atoms with Gasteiger partial charge in [0.25, 0.3) is 15.7 Å². The van der Waals surface area contributed by atoms with Gasteiger partial charge in [0.05, 0.1) is 4.90 Å². The van der Waals surface area contributed by atoms with Crippen molar-refractivity contribution in [3.8, 4) is 0 Å². The number of nitrogens with zero attached hydrogens (tertiary/aromatic N) is 1. The average Bonchev–Trinajstić information content (AvgIpc) is 2.53. The summed E-state index contributed by atoms with van der Waals surface area (Å²) in [6, 6.07) is 4.04. The summed E-state index contributed by atoms with van der Waals surface area (Å²) in [5, 5.41) is 3.09. The van der Waals surface area contributed by atoms with Crippen LogP contribution >= 0.6 is 0 Å². The minimum absolute atomic E-state index is 0.169. The average molecular weight is 350 g/mol. The fourth-order valence-electron chi connectivity index (χ4n) is 2.49. The smallest absolute Gasteiger partial charge is 0.337 e. The maximum atomic E-state index is 12.5. The van der Waals surface area contributed by atoms with Gasteiger partial charge in [-0.05, 0) is 44.2 Å². The van der Waals surface area contributed by atoms with Crippen LogP contribution < -0.4 is 5.32 Å². The first kappa shape index (κ1) is 17.7. The number of amides is 1. The first-order valence-corrected chi connectivity index (χ1v) is 8.53. The van der Waals surface area contributed by atoms with Gasteiger partial charge in [0.2, 0.25) is 0 Å². The molecule has 0 aromatic heterocycles. The van der Waals surface area contributed by atoms with Crippen molar-refractivity contribution in [1.29, 1.82) is 0 Å². The highest BCUT2D eigenvalue weighted by atomic mass is 32.2. The summed E-state index contributed by atoms with van der Waals surface area (Å²) in [6.45, 7) is 1.08. The number of benzene rings is 1. The molecule has 1 fully saturated rings. The summed E-state index contributed by atoms with van der Waals surface area (Å²) in [5.74, 6) is -0.319. The predicted molar refractivity (Wildman–Crippen MR) is 77.7 cm³/mol. The highest BCUT2D eigenvalue weighted by Gasteiger charge is 2.46. The van der Waals surface area contributed by atoms with E-state index in [2.05, 4.69) is 5.32 Å². The molecule has 1 amide bonds. The Balaban J connectivity index is 2.18. The van der Waals surface area contributed by atoms with Gasteiger partial charge < -0.3 is 10.2 Å². The largest absolute Gasteiger partial charge is 0.501 e. The number of alkyl halides is 3. The molecule has 0 saturated carbocycles. The Morgan fingerprint density at radius 2 is 1.87 bits per heavy atom. The van der Waals surface area contributed by atoms with Gasteiger partial charge in [0.1, 0.15) is 0 Å². The van der Waals surface area contributed by atoms with Crippen molar-refractivity contribution in [3.63, 3.8) is 0 Å². The number of piperidine rings is 1. The zero-order chi connectivity index (χ0) is 17.3. The van der Waals surface area contributed by atoms with Crippen LogP contribution in [0.1, 0.15) is 23.2 Å².